The number of alkyl halides is 3. The second-order valence-corrected chi connectivity index (χ2v) is 4.30. The summed E-state index contributed by atoms with van der Waals surface area (Å²) in [6, 6.07) is 3.59. The average Bonchev–Trinajstić information content (AvgIpc) is 2.26. The summed E-state index contributed by atoms with van der Waals surface area (Å²) in [6.07, 6.45) is -5.48. The van der Waals surface area contributed by atoms with E-state index in [-0.39, 0.29) is 18.4 Å². The molecule has 1 aromatic rings. The maximum absolute atomic E-state index is 12.9. The molecule has 2 rings (SSSR count). The van der Waals surface area contributed by atoms with Crippen molar-refractivity contribution in [2.75, 3.05) is 0 Å². The van der Waals surface area contributed by atoms with Gasteiger partial charge < -0.3 is 10.2 Å². The quantitative estimate of drug-likeness (QED) is 0.813. The lowest BCUT2D eigenvalue weighted by Gasteiger charge is -2.29. The summed E-state index contributed by atoms with van der Waals surface area (Å²) in [4.78, 5) is 11.1. The molecule has 1 aliphatic carbocycles. The van der Waals surface area contributed by atoms with E-state index in [0.717, 1.165) is 6.07 Å². The molecule has 0 spiro atoms. The van der Waals surface area contributed by atoms with Gasteiger partial charge in [0, 0.05) is 0 Å². The van der Waals surface area contributed by atoms with Gasteiger partial charge in [-0.1, -0.05) is 12.1 Å². The van der Waals surface area contributed by atoms with Gasteiger partial charge in [-0.2, -0.15) is 13.2 Å². The summed E-state index contributed by atoms with van der Waals surface area (Å²) in [5.41, 5.74) is -0.912. The smallest absolute Gasteiger partial charge is 0.416 e. The maximum atomic E-state index is 12.9. The topological polar surface area (TPSA) is 57.5 Å². The van der Waals surface area contributed by atoms with Crippen LogP contribution in [-0.4, -0.2) is 22.3 Å². The maximum Gasteiger partial charge on any atom is 0.416 e. The van der Waals surface area contributed by atoms with Gasteiger partial charge in [-0.3, -0.25) is 4.79 Å². The van der Waals surface area contributed by atoms with Crippen molar-refractivity contribution < 1.29 is 28.2 Å². The van der Waals surface area contributed by atoms with E-state index in [9.17, 15) is 23.1 Å². The van der Waals surface area contributed by atoms with E-state index in [1.807, 2.05) is 0 Å². The van der Waals surface area contributed by atoms with E-state index in [4.69, 9.17) is 5.11 Å². The molecule has 0 bridgehead atoms. The van der Waals surface area contributed by atoms with E-state index < -0.39 is 29.7 Å². The van der Waals surface area contributed by atoms with Crippen LogP contribution in [0.4, 0.5) is 13.2 Å². The molecule has 0 heterocycles. The molecule has 1 aromatic carbocycles. The number of halogens is 3. The van der Waals surface area contributed by atoms with Crippen LogP contribution in [0.1, 0.15) is 29.0 Å². The van der Waals surface area contributed by atoms with Crippen molar-refractivity contribution in [2.24, 2.45) is 0 Å². The molecule has 3 nitrogen and oxygen atoms in total. The Morgan fingerprint density at radius 2 is 2.00 bits per heavy atom. The van der Waals surface area contributed by atoms with Gasteiger partial charge >= 0.3 is 12.1 Å². The molecule has 1 aliphatic rings. The number of aliphatic carboxylic acids is 1. The highest BCUT2D eigenvalue weighted by Crippen LogP contribution is 2.41. The van der Waals surface area contributed by atoms with Gasteiger partial charge in [0.2, 0.25) is 0 Å². The zero-order valence-electron chi connectivity index (χ0n) is 9.24. The minimum absolute atomic E-state index is 0.158. The minimum atomic E-state index is -4.61. The van der Waals surface area contributed by atoms with Crippen LogP contribution in [0.3, 0.4) is 0 Å². The molecule has 0 aromatic heterocycles. The summed E-state index contributed by atoms with van der Waals surface area (Å²) in [6.45, 7) is 0. The molecule has 18 heavy (non-hydrogen) atoms. The van der Waals surface area contributed by atoms with E-state index in [2.05, 4.69) is 0 Å². The first kappa shape index (κ1) is 12.9. The predicted octanol–water partition coefficient (Wildman–Crippen LogP) is 2.18. The number of aliphatic hydroxyl groups excluding tert-OH is 1. The molecular formula is C12H11F3O3. The van der Waals surface area contributed by atoms with Crippen molar-refractivity contribution >= 4 is 5.97 Å². The van der Waals surface area contributed by atoms with Crippen molar-refractivity contribution in [3.8, 4) is 0 Å². The second kappa shape index (κ2) is 4.28. The summed E-state index contributed by atoms with van der Waals surface area (Å²) in [5.74, 6) is -2.94. The third-order valence-corrected chi connectivity index (χ3v) is 3.17. The lowest BCUT2D eigenvalue weighted by atomic mass is 9.78. The number of aliphatic hydroxyl groups is 1. The standard InChI is InChI=1S/C12H11F3O3/c13-12(14,15)7-3-1-2-6-4-5-8(16)10(9(6)7)11(17)18/h1-3,8,10,16H,4-5H2,(H,17,18). The van der Waals surface area contributed by atoms with E-state index >= 15 is 0 Å². The van der Waals surface area contributed by atoms with Gasteiger partial charge in [0.15, 0.2) is 0 Å². The van der Waals surface area contributed by atoms with Gasteiger partial charge in [-0.05, 0) is 30.0 Å². The molecule has 2 unspecified atom stereocenters. The van der Waals surface area contributed by atoms with Gasteiger partial charge in [0.05, 0.1) is 11.7 Å². The SMILES string of the molecule is O=C(O)C1c2c(cccc2C(F)(F)F)CCC1O. The van der Waals surface area contributed by atoms with E-state index in [1.54, 1.807) is 0 Å². The second-order valence-electron chi connectivity index (χ2n) is 4.30. The molecule has 0 saturated heterocycles. The van der Waals surface area contributed by atoms with Crippen LogP contribution in [0.5, 0.6) is 0 Å². The molecule has 2 N–H and O–H groups in total. The highest BCUT2D eigenvalue weighted by atomic mass is 19.4. The van der Waals surface area contributed by atoms with Crippen LogP contribution in [0.25, 0.3) is 0 Å². The van der Waals surface area contributed by atoms with Crippen molar-refractivity contribution in [2.45, 2.75) is 31.0 Å². The first-order valence-electron chi connectivity index (χ1n) is 5.42. The normalized spacial score (nSPS) is 23.6. The first-order chi connectivity index (χ1) is 8.32. The van der Waals surface area contributed by atoms with Gasteiger partial charge in [0.25, 0.3) is 0 Å². The Labute approximate surface area is 101 Å². The van der Waals surface area contributed by atoms with E-state index in [1.165, 1.54) is 12.1 Å². The van der Waals surface area contributed by atoms with Crippen molar-refractivity contribution in [3.63, 3.8) is 0 Å². The summed E-state index contributed by atoms with van der Waals surface area (Å²) >= 11 is 0. The van der Waals surface area contributed by atoms with Crippen LogP contribution in [0, 0.1) is 0 Å². The van der Waals surface area contributed by atoms with Gasteiger partial charge in [0.1, 0.15) is 5.92 Å². The third kappa shape index (κ3) is 2.08. The van der Waals surface area contributed by atoms with E-state index in [0.29, 0.717) is 5.56 Å². The molecule has 98 valence electrons. The fourth-order valence-electron chi connectivity index (χ4n) is 2.40. The molecule has 6 heteroatoms. The summed E-state index contributed by atoms with van der Waals surface area (Å²) in [7, 11) is 0. The van der Waals surface area contributed by atoms with Gasteiger partial charge in [-0.25, -0.2) is 0 Å². The van der Waals surface area contributed by atoms with Crippen molar-refractivity contribution in [1.82, 2.24) is 0 Å². The van der Waals surface area contributed by atoms with Crippen molar-refractivity contribution in [1.29, 1.82) is 0 Å². The highest BCUT2D eigenvalue weighted by Gasteiger charge is 2.42. The number of carboxylic acid groups (broad SMARTS) is 1. The minimum Gasteiger partial charge on any atom is -0.481 e. The van der Waals surface area contributed by atoms with Crippen molar-refractivity contribution in [3.05, 3.63) is 34.9 Å². The van der Waals surface area contributed by atoms with Crippen LogP contribution in [-0.2, 0) is 17.4 Å². The number of aryl methyl sites for hydroxylation is 1. The largest absolute Gasteiger partial charge is 0.481 e. The predicted molar refractivity (Wildman–Crippen MR) is 56.1 cm³/mol. The Balaban J connectivity index is 2.65. The summed E-state index contributed by atoms with van der Waals surface area (Å²) < 4.78 is 38.6. The molecule has 0 aliphatic heterocycles. The number of rotatable bonds is 1. The number of benzene rings is 1. The Hall–Kier alpha value is -1.56. The molecule has 2 atom stereocenters. The van der Waals surface area contributed by atoms with Crippen LogP contribution in [0.2, 0.25) is 0 Å². The molecular weight excluding hydrogens is 249 g/mol. The highest BCUT2D eigenvalue weighted by molar-refractivity contribution is 5.78. The molecule has 0 radical (unpaired) electrons. The zero-order chi connectivity index (χ0) is 13.5. The fraction of sp³-hybridized carbons (Fsp3) is 0.417. The Kier molecular flexibility index (Phi) is 3.06. The van der Waals surface area contributed by atoms with Gasteiger partial charge in [-0.15, -0.1) is 0 Å². The fourth-order valence-corrected chi connectivity index (χ4v) is 2.40. The zero-order valence-corrected chi connectivity index (χ0v) is 9.24. The number of fused-ring (bicyclic) bond motifs is 1. The number of carboxylic acids is 1. The Bertz CT molecular complexity index is 482. The number of hydrogen-bond acceptors (Lipinski definition) is 2. The molecule has 0 saturated carbocycles. The lowest BCUT2D eigenvalue weighted by molar-refractivity contribution is -0.144. The monoisotopic (exact) mass is 260 g/mol. The summed E-state index contributed by atoms with van der Waals surface area (Å²) in [5, 5.41) is 18.6. The van der Waals surface area contributed by atoms with Crippen LogP contribution >= 0.6 is 0 Å². The van der Waals surface area contributed by atoms with Crippen LogP contribution in [0.15, 0.2) is 18.2 Å². The first-order valence-corrected chi connectivity index (χ1v) is 5.42. The lowest BCUT2D eigenvalue weighted by Crippen LogP contribution is -2.33. The van der Waals surface area contributed by atoms with Crippen LogP contribution < -0.4 is 0 Å². The third-order valence-electron chi connectivity index (χ3n) is 3.17. The Morgan fingerprint density at radius 1 is 1.33 bits per heavy atom. The molecule has 0 amide bonds. The number of carbonyl (C=O) groups is 1. The number of hydrogen-bond donors (Lipinski definition) is 2. The average molecular weight is 260 g/mol. The molecule has 0 fully saturated rings. The Morgan fingerprint density at radius 3 is 2.56 bits per heavy atom.